The summed E-state index contributed by atoms with van der Waals surface area (Å²) in [6.45, 7) is 9.54. The molecule has 0 amide bonds. The monoisotopic (exact) mass is 275 g/mol. The van der Waals surface area contributed by atoms with Gasteiger partial charge in [-0.25, -0.2) is 0 Å². The quantitative estimate of drug-likeness (QED) is 0.886. The molecule has 0 saturated carbocycles. The van der Waals surface area contributed by atoms with Crippen LogP contribution in [0.4, 0.5) is 0 Å². The van der Waals surface area contributed by atoms with Crippen molar-refractivity contribution in [3.05, 3.63) is 27.7 Å². The molecule has 0 aromatic heterocycles. The third-order valence-electron chi connectivity index (χ3n) is 2.17. The molecule has 0 fully saturated rings. The van der Waals surface area contributed by atoms with Gasteiger partial charge in [0.25, 0.3) is 0 Å². The number of ether oxygens (including phenoxy) is 1. The molecule has 0 unspecified atom stereocenters. The maximum atomic E-state index is 6.13. The lowest BCUT2D eigenvalue weighted by Crippen LogP contribution is -2.35. The second-order valence-corrected chi connectivity index (χ2v) is 5.74. The third kappa shape index (κ3) is 4.74. The molecule has 1 aromatic carbocycles. The molecule has 0 aliphatic heterocycles. The zero-order chi connectivity index (χ0) is 13.1. The Morgan fingerprint density at radius 3 is 2.12 bits per heavy atom. The molecule has 17 heavy (non-hydrogen) atoms. The van der Waals surface area contributed by atoms with Gasteiger partial charge in [-0.1, -0.05) is 23.2 Å². The molecule has 0 atom stereocenters. The predicted octanol–water partition coefficient (Wildman–Crippen LogP) is 4.28. The van der Waals surface area contributed by atoms with Crippen LogP contribution in [0.1, 0.15) is 33.3 Å². The van der Waals surface area contributed by atoms with Crippen LogP contribution in [0.3, 0.4) is 0 Å². The number of rotatable bonds is 4. The van der Waals surface area contributed by atoms with E-state index in [1.807, 2.05) is 19.1 Å². The second kappa shape index (κ2) is 5.94. The van der Waals surface area contributed by atoms with E-state index in [1.54, 1.807) is 0 Å². The van der Waals surface area contributed by atoms with Crippen LogP contribution in [0, 0.1) is 0 Å². The number of hydrogen-bond acceptors (Lipinski definition) is 2. The van der Waals surface area contributed by atoms with E-state index < -0.39 is 0 Å². The van der Waals surface area contributed by atoms with Crippen LogP contribution in [-0.2, 0) is 6.54 Å². The van der Waals surface area contributed by atoms with Gasteiger partial charge in [0.1, 0.15) is 0 Å². The SMILES string of the molecule is CCOc1c(Cl)cc(CNC(C)(C)C)cc1Cl. The Hall–Kier alpha value is -0.440. The summed E-state index contributed by atoms with van der Waals surface area (Å²) in [7, 11) is 0. The topological polar surface area (TPSA) is 21.3 Å². The van der Waals surface area contributed by atoms with Gasteiger partial charge in [-0.05, 0) is 45.4 Å². The normalized spacial score (nSPS) is 11.6. The first-order valence-electron chi connectivity index (χ1n) is 5.69. The average molecular weight is 276 g/mol. The summed E-state index contributed by atoms with van der Waals surface area (Å²) in [4.78, 5) is 0. The highest BCUT2D eigenvalue weighted by atomic mass is 35.5. The molecule has 1 rings (SSSR count). The maximum absolute atomic E-state index is 6.13. The summed E-state index contributed by atoms with van der Waals surface area (Å²) >= 11 is 12.3. The summed E-state index contributed by atoms with van der Waals surface area (Å²) < 4.78 is 5.38. The molecule has 0 spiro atoms. The molecule has 1 N–H and O–H groups in total. The smallest absolute Gasteiger partial charge is 0.156 e. The molecule has 4 heteroatoms. The van der Waals surface area contributed by atoms with Crippen molar-refractivity contribution >= 4 is 23.2 Å². The van der Waals surface area contributed by atoms with E-state index in [-0.39, 0.29) is 5.54 Å². The Morgan fingerprint density at radius 1 is 1.18 bits per heavy atom. The number of halogens is 2. The van der Waals surface area contributed by atoms with E-state index in [2.05, 4.69) is 26.1 Å². The minimum absolute atomic E-state index is 0.0670. The van der Waals surface area contributed by atoms with Crippen LogP contribution in [0.5, 0.6) is 5.75 Å². The van der Waals surface area contributed by atoms with E-state index in [9.17, 15) is 0 Å². The molecule has 96 valence electrons. The van der Waals surface area contributed by atoms with Crippen molar-refractivity contribution in [1.29, 1.82) is 0 Å². The Morgan fingerprint density at radius 2 is 1.71 bits per heavy atom. The minimum Gasteiger partial charge on any atom is -0.491 e. The Balaban J connectivity index is 2.83. The second-order valence-electron chi connectivity index (χ2n) is 4.93. The van der Waals surface area contributed by atoms with E-state index in [4.69, 9.17) is 27.9 Å². The number of nitrogens with one attached hydrogen (secondary N) is 1. The molecular formula is C13H19Cl2NO. The van der Waals surface area contributed by atoms with Crippen LogP contribution >= 0.6 is 23.2 Å². The Kier molecular flexibility index (Phi) is 5.11. The van der Waals surface area contributed by atoms with Gasteiger partial charge in [-0.2, -0.15) is 0 Å². The standard InChI is InChI=1S/C13H19Cl2NO/c1-5-17-12-10(14)6-9(7-11(12)15)8-16-13(2,3)4/h6-7,16H,5,8H2,1-4H3. The Bertz CT molecular complexity index is 362. The maximum Gasteiger partial charge on any atom is 0.156 e. The summed E-state index contributed by atoms with van der Waals surface area (Å²) in [5.74, 6) is 0.565. The van der Waals surface area contributed by atoms with Crippen LogP contribution < -0.4 is 10.1 Å². The molecule has 2 nitrogen and oxygen atoms in total. The van der Waals surface area contributed by atoms with E-state index in [0.29, 0.717) is 22.4 Å². The minimum atomic E-state index is 0.0670. The fourth-order valence-corrected chi connectivity index (χ4v) is 2.01. The number of hydrogen-bond donors (Lipinski definition) is 1. The first-order chi connectivity index (χ1) is 7.83. The highest BCUT2D eigenvalue weighted by molar-refractivity contribution is 6.37. The lowest BCUT2D eigenvalue weighted by Gasteiger charge is -2.21. The van der Waals surface area contributed by atoms with Crippen molar-refractivity contribution in [3.63, 3.8) is 0 Å². The first-order valence-corrected chi connectivity index (χ1v) is 6.45. The van der Waals surface area contributed by atoms with Crippen molar-refractivity contribution in [2.75, 3.05) is 6.61 Å². The highest BCUT2D eigenvalue weighted by Crippen LogP contribution is 2.34. The molecular weight excluding hydrogens is 257 g/mol. The Labute approximate surface area is 113 Å². The van der Waals surface area contributed by atoms with Gasteiger partial charge in [0.2, 0.25) is 0 Å². The van der Waals surface area contributed by atoms with E-state index in [1.165, 1.54) is 0 Å². The molecule has 0 radical (unpaired) electrons. The van der Waals surface area contributed by atoms with E-state index >= 15 is 0 Å². The van der Waals surface area contributed by atoms with Gasteiger partial charge < -0.3 is 10.1 Å². The van der Waals surface area contributed by atoms with Crippen molar-refractivity contribution in [2.24, 2.45) is 0 Å². The lowest BCUT2D eigenvalue weighted by atomic mass is 10.1. The van der Waals surface area contributed by atoms with E-state index in [0.717, 1.165) is 12.1 Å². The lowest BCUT2D eigenvalue weighted by molar-refractivity contribution is 0.340. The fourth-order valence-electron chi connectivity index (χ4n) is 1.36. The zero-order valence-electron chi connectivity index (χ0n) is 10.7. The number of benzene rings is 1. The van der Waals surface area contributed by atoms with Gasteiger partial charge in [-0.15, -0.1) is 0 Å². The van der Waals surface area contributed by atoms with Gasteiger partial charge in [0, 0.05) is 12.1 Å². The largest absolute Gasteiger partial charge is 0.491 e. The van der Waals surface area contributed by atoms with Gasteiger partial charge in [0.15, 0.2) is 5.75 Å². The fraction of sp³-hybridized carbons (Fsp3) is 0.538. The predicted molar refractivity (Wildman–Crippen MR) is 74.2 cm³/mol. The van der Waals surface area contributed by atoms with Gasteiger partial charge in [0.05, 0.1) is 16.7 Å². The van der Waals surface area contributed by atoms with Crippen molar-refractivity contribution in [3.8, 4) is 5.75 Å². The molecule has 0 bridgehead atoms. The molecule has 1 aromatic rings. The van der Waals surface area contributed by atoms with Gasteiger partial charge >= 0.3 is 0 Å². The molecule has 0 saturated heterocycles. The summed E-state index contributed by atoms with van der Waals surface area (Å²) in [5, 5.41) is 4.51. The highest BCUT2D eigenvalue weighted by Gasteiger charge is 2.12. The summed E-state index contributed by atoms with van der Waals surface area (Å²) in [5.41, 5.74) is 1.12. The van der Waals surface area contributed by atoms with Crippen molar-refractivity contribution in [2.45, 2.75) is 39.8 Å². The molecule has 0 aliphatic carbocycles. The van der Waals surface area contributed by atoms with Crippen LogP contribution in [-0.4, -0.2) is 12.1 Å². The third-order valence-corrected chi connectivity index (χ3v) is 2.73. The van der Waals surface area contributed by atoms with Crippen molar-refractivity contribution < 1.29 is 4.74 Å². The summed E-state index contributed by atoms with van der Waals surface area (Å²) in [6, 6.07) is 3.77. The van der Waals surface area contributed by atoms with Crippen molar-refractivity contribution in [1.82, 2.24) is 5.32 Å². The van der Waals surface area contributed by atoms with Crippen LogP contribution in [0.15, 0.2) is 12.1 Å². The average Bonchev–Trinajstić information content (AvgIpc) is 2.19. The first kappa shape index (κ1) is 14.6. The van der Waals surface area contributed by atoms with Gasteiger partial charge in [-0.3, -0.25) is 0 Å². The summed E-state index contributed by atoms with van der Waals surface area (Å²) in [6.07, 6.45) is 0. The molecule has 0 aliphatic rings. The van der Waals surface area contributed by atoms with Crippen LogP contribution in [0.2, 0.25) is 10.0 Å². The zero-order valence-corrected chi connectivity index (χ0v) is 12.2. The molecule has 0 heterocycles. The van der Waals surface area contributed by atoms with Crippen LogP contribution in [0.25, 0.3) is 0 Å².